The first-order valence-corrected chi connectivity index (χ1v) is 13.0. The van der Waals surface area contributed by atoms with E-state index >= 15 is 0 Å². The Hall–Kier alpha value is -4.46. The SMILES string of the molecule is COc1ccc(-c2cc(C(=O)N3CCN(c4ccccc4OC)CC3)n(-c3cc(C)ccc3C)n2)c(OC)c1. The second kappa shape index (κ2) is 11.1. The first-order valence-electron chi connectivity index (χ1n) is 13.0. The van der Waals surface area contributed by atoms with E-state index in [1.807, 2.05) is 61.2 Å². The topological polar surface area (TPSA) is 69.1 Å². The van der Waals surface area contributed by atoms with Gasteiger partial charge in [-0.25, -0.2) is 4.68 Å². The van der Waals surface area contributed by atoms with Gasteiger partial charge in [-0.05, 0) is 61.4 Å². The Labute approximate surface area is 229 Å². The highest BCUT2D eigenvalue weighted by molar-refractivity contribution is 5.95. The molecule has 1 saturated heterocycles. The number of ether oxygens (including phenoxy) is 3. The molecule has 1 aromatic heterocycles. The fourth-order valence-electron chi connectivity index (χ4n) is 5.01. The van der Waals surface area contributed by atoms with E-state index in [0.29, 0.717) is 49.1 Å². The Kier molecular flexibility index (Phi) is 7.45. The molecule has 0 saturated carbocycles. The summed E-state index contributed by atoms with van der Waals surface area (Å²) in [6.45, 7) is 6.68. The molecule has 2 heterocycles. The molecule has 0 spiro atoms. The lowest BCUT2D eigenvalue weighted by atomic mass is 10.1. The predicted molar refractivity (Wildman–Crippen MR) is 153 cm³/mol. The van der Waals surface area contributed by atoms with Crippen LogP contribution in [0, 0.1) is 13.8 Å². The summed E-state index contributed by atoms with van der Waals surface area (Å²) in [7, 11) is 4.92. The normalized spacial score (nSPS) is 13.4. The highest BCUT2D eigenvalue weighted by Crippen LogP contribution is 2.34. The van der Waals surface area contributed by atoms with Crippen LogP contribution in [0.4, 0.5) is 5.69 Å². The van der Waals surface area contributed by atoms with Gasteiger partial charge in [0.25, 0.3) is 5.91 Å². The van der Waals surface area contributed by atoms with Crippen molar-refractivity contribution in [3.05, 3.63) is 83.6 Å². The van der Waals surface area contributed by atoms with Crippen molar-refractivity contribution in [2.75, 3.05) is 52.4 Å². The van der Waals surface area contributed by atoms with Crippen LogP contribution in [0.15, 0.2) is 66.7 Å². The number of carbonyl (C=O) groups excluding carboxylic acids is 1. The molecular formula is C31H34N4O4. The number of hydrogen-bond donors (Lipinski definition) is 0. The third kappa shape index (κ3) is 5.14. The molecular weight excluding hydrogens is 492 g/mol. The number of anilines is 1. The smallest absolute Gasteiger partial charge is 0.272 e. The van der Waals surface area contributed by atoms with E-state index in [1.165, 1.54) is 0 Å². The lowest BCUT2D eigenvalue weighted by Crippen LogP contribution is -2.49. The van der Waals surface area contributed by atoms with Crippen LogP contribution >= 0.6 is 0 Å². The fraction of sp³-hybridized carbons (Fsp3) is 0.290. The average Bonchev–Trinajstić information content (AvgIpc) is 3.42. The second-order valence-electron chi connectivity index (χ2n) is 9.63. The summed E-state index contributed by atoms with van der Waals surface area (Å²) in [6.07, 6.45) is 0. The number of methoxy groups -OCH3 is 3. The van der Waals surface area contributed by atoms with Crippen molar-refractivity contribution in [3.63, 3.8) is 0 Å². The maximum Gasteiger partial charge on any atom is 0.272 e. The molecule has 1 aliphatic heterocycles. The minimum Gasteiger partial charge on any atom is -0.497 e. The van der Waals surface area contributed by atoms with Crippen LogP contribution in [0.2, 0.25) is 0 Å². The lowest BCUT2D eigenvalue weighted by Gasteiger charge is -2.36. The number of aromatic nitrogens is 2. The van der Waals surface area contributed by atoms with E-state index in [9.17, 15) is 4.79 Å². The van der Waals surface area contributed by atoms with Crippen molar-refractivity contribution in [2.24, 2.45) is 0 Å². The Bertz CT molecular complexity index is 1490. The van der Waals surface area contributed by atoms with Crippen molar-refractivity contribution in [1.82, 2.24) is 14.7 Å². The van der Waals surface area contributed by atoms with Crippen molar-refractivity contribution < 1.29 is 19.0 Å². The molecule has 39 heavy (non-hydrogen) atoms. The minimum absolute atomic E-state index is 0.0539. The van der Waals surface area contributed by atoms with Crippen molar-refractivity contribution >= 4 is 11.6 Å². The zero-order chi connectivity index (χ0) is 27.5. The highest BCUT2D eigenvalue weighted by atomic mass is 16.5. The van der Waals surface area contributed by atoms with Gasteiger partial charge < -0.3 is 24.0 Å². The zero-order valence-electron chi connectivity index (χ0n) is 23.1. The lowest BCUT2D eigenvalue weighted by molar-refractivity contribution is 0.0737. The van der Waals surface area contributed by atoms with Gasteiger partial charge in [-0.3, -0.25) is 4.79 Å². The van der Waals surface area contributed by atoms with E-state index in [0.717, 1.165) is 33.8 Å². The fourth-order valence-corrected chi connectivity index (χ4v) is 5.01. The third-order valence-electron chi connectivity index (χ3n) is 7.20. The monoisotopic (exact) mass is 526 g/mol. The number of hydrogen-bond acceptors (Lipinski definition) is 6. The predicted octanol–water partition coefficient (Wildman–Crippen LogP) is 5.14. The maximum atomic E-state index is 14.0. The zero-order valence-corrected chi connectivity index (χ0v) is 23.1. The average molecular weight is 527 g/mol. The number of carbonyl (C=O) groups is 1. The number of rotatable bonds is 7. The van der Waals surface area contributed by atoms with E-state index in [2.05, 4.69) is 29.2 Å². The van der Waals surface area contributed by atoms with Gasteiger partial charge in [-0.15, -0.1) is 0 Å². The molecule has 1 aliphatic rings. The molecule has 8 nitrogen and oxygen atoms in total. The van der Waals surface area contributed by atoms with Crippen LogP contribution < -0.4 is 19.1 Å². The quantitative estimate of drug-likeness (QED) is 0.332. The van der Waals surface area contributed by atoms with Crippen molar-refractivity contribution in [1.29, 1.82) is 0 Å². The summed E-state index contributed by atoms with van der Waals surface area (Å²) in [4.78, 5) is 18.2. The first-order chi connectivity index (χ1) is 18.9. The summed E-state index contributed by atoms with van der Waals surface area (Å²) < 4.78 is 18.3. The molecule has 202 valence electrons. The molecule has 0 bridgehead atoms. The highest BCUT2D eigenvalue weighted by Gasteiger charge is 2.28. The number of aryl methyl sites for hydroxylation is 2. The number of para-hydroxylation sites is 2. The number of benzene rings is 3. The molecule has 0 radical (unpaired) electrons. The summed E-state index contributed by atoms with van der Waals surface area (Å²) >= 11 is 0. The van der Waals surface area contributed by atoms with Crippen LogP contribution in [-0.2, 0) is 0 Å². The summed E-state index contributed by atoms with van der Waals surface area (Å²) in [5, 5.41) is 4.94. The van der Waals surface area contributed by atoms with Crippen LogP contribution in [0.3, 0.4) is 0 Å². The maximum absolute atomic E-state index is 14.0. The molecule has 5 rings (SSSR count). The van der Waals surface area contributed by atoms with Gasteiger partial charge >= 0.3 is 0 Å². The number of amides is 1. The largest absolute Gasteiger partial charge is 0.497 e. The molecule has 1 fully saturated rings. The molecule has 3 aromatic carbocycles. The van der Waals surface area contributed by atoms with Crippen LogP contribution in [0.25, 0.3) is 16.9 Å². The second-order valence-corrected chi connectivity index (χ2v) is 9.63. The Morgan fingerprint density at radius 3 is 2.23 bits per heavy atom. The van der Waals surface area contributed by atoms with Gasteiger partial charge in [0.2, 0.25) is 0 Å². The summed E-state index contributed by atoms with van der Waals surface area (Å²) in [5.41, 5.74) is 6.02. The van der Waals surface area contributed by atoms with E-state index < -0.39 is 0 Å². The minimum atomic E-state index is -0.0539. The van der Waals surface area contributed by atoms with Gasteiger partial charge in [0.1, 0.15) is 22.9 Å². The van der Waals surface area contributed by atoms with Crippen LogP contribution in [0.1, 0.15) is 21.6 Å². The van der Waals surface area contributed by atoms with Crippen molar-refractivity contribution in [3.8, 4) is 34.2 Å². The first kappa shape index (κ1) is 26.2. The molecule has 4 aromatic rings. The van der Waals surface area contributed by atoms with E-state index in [-0.39, 0.29) is 5.91 Å². The van der Waals surface area contributed by atoms with Gasteiger partial charge in [0, 0.05) is 37.8 Å². The molecule has 0 unspecified atom stereocenters. The molecule has 8 heteroatoms. The van der Waals surface area contributed by atoms with E-state index in [1.54, 1.807) is 26.0 Å². The number of nitrogens with zero attached hydrogens (tertiary/aromatic N) is 4. The molecule has 1 amide bonds. The molecule has 0 aliphatic carbocycles. The summed E-state index contributed by atoms with van der Waals surface area (Å²) in [6, 6.07) is 21.6. The van der Waals surface area contributed by atoms with Crippen LogP contribution in [-0.4, -0.2) is 68.1 Å². The Balaban J connectivity index is 1.50. The molecule has 0 N–H and O–H groups in total. The van der Waals surface area contributed by atoms with Gasteiger partial charge in [0.15, 0.2) is 0 Å². The van der Waals surface area contributed by atoms with Gasteiger partial charge in [-0.1, -0.05) is 24.3 Å². The van der Waals surface area contributed by atoms with Gasteiger partial charge in [-0.2, -0.15) is 5.10 Å². The Morgan fingerprint density at radius 1 is 0.769 bits per heavy atom. The summed E-state index contributed by atoms with van der Waals surface area (Å²) in [5.74, 6) is 2.10. The van der Waals surface area contributed by atoms with E-state index in [4.69, 9.17) is 19.3 Å². The third-order valence-corrected chi connectivity index (χ3v) is 7.20. The van der Waals surface area contributed by atoms with Crippen LogP contribution in [0.5, 0.6) is 17.2 Å². The molecule has 0 atom stereocenters. The number of piperazine rings is 1. The standard InChI is InChI=1S/C31H34N4O4/c1-21-10-11-22(2)27(18-21)35-28(20-25(32-35)24-13-12-23(37-3)19-30(24)39-5)31(36)34-16-14-33(15-17-34)26-8-6-7-9-29(26)38-4/h6-13,18-20H,14-17H2,1-5H3. The van der Waals surface area contributed by atoms with Gasteiger partial charge in [0.05, 0.1) is 38.4 Å². The van der Waals surface area contributed by atoms with Crippen molar-refractivity contribution in [2.45, 2.75) is 13.8 Å². The Morgan fingerprint density at radius 2 is 1.51 bits per heavy atom.